The lowest BCUT2D eigenvalue weighted by molar-refractivity contribution is -0.274. The fraction of sp³-hybridized carbons (Fsp3) is 0.423. The molecular formula is C26H30F3N5O4. The third-order valence-electron chi connectivity index (χ3n) is 6.46. The van der Waals surface area contributed by atoms with E-state index in [1.165, 1.54) is 29.8 Å². The van der Waals surface area contributed by atoms with Crippen molar-refractivity contribution in [1.82, 2.24) is 23.6 Å². The average molecular weight is 534 g/mol. The Hall–Kier alpha value is -3.80. The van der Waals surface area contributed by atoms with Crippen molar-refractivity contribution in [3.05, 3.63) is 80.4 Å². The predicted molar refractivity (Wildman–Crippen MR) is 136 cm³/mol. The zero-order chi connectivity index (χ0) is 27.8. The number of likely N-dealkylation sites (N-methyl/N-ethyl adjacent to an activating group) is 1. The number of nitrogens with zero attached hydrogens (tertiary/aromatic N) is 5. The van der Waals surface area contributed by atoms with E-state index < -0.39 is 23.7 Å². The van der Waals surface area contributed by atoms with Gasteiger partial charge in [-0.15, -0.1) is 13.2 Å². The summed E-state index contributed by atoms with van der Waals surface area (Å²) >= 11 is 0. The topological polar surface area (TPSA) is 94.5 Å². The number of imidazole rings is 1. The lowest BCUT2D eigenvalue weighted by Crippen LogP contribution is -2.41. The Morgan fingerprint density at radius 2 is 1.92 bits per heavy atom. The lowest BCUT2D eigenvalue weighted by Gasteiger charge is -2.28. The van der Waals surface area contributed by atoms with Gasteiger partial charge < -0.3 is 19.3 Å². The smallest absolute Gasteiger partial charge is 0.406 e. The Kier molecular flexibility index (Phi) is 7.54. The van der Waals surface area contributed by atoms with Gasteiger partial charge in [-0.05, 0) is 43.5 Å². The van der Waals surface area contributed by atoms with Gasteiger partial charge in [0.1, 0.15) is 11.6 Å². The highest BCUT2D eigenvalue weighted by Gasteiger charge is 2.31. The number of ether oxygens (including phenoxy) is 1. The molecule has 0 fully saturated rings. The van der Waals surface area contributed by atoms with Gasteiger partial charge in [-0.3, -0.25) is 13.9 Å². The van der Waals surface area contributed by atoms with Crippen LogP contribution in [0, 0.1) is 0 Å². The van der Waals surface area contributed by atoms with Crippen LogP contribution in [0.1, 0.15) is 31.7 Å². The Morgan fingerprint density at radius 1 is 1.18 bits per heavy atom. The third kappa shape index (κ3) is 5.85. The van der Waals surface area contributed by atoms with Gasteiger partial charge in [0, 0.05) is 39.8 Å². The van der Waals surface area contributed by atoms with Crippen LogP contribution in [0.4, 0.5) is 13.2 Å². The number of fused-ring (bicyclic) bond motifs is 1. The van der Waals surface area contributed by atoms with E-state index in [4.69, 9.17) is 0 Å². The van der Waals surface area contributed by atoms with Crippen molar-refractivity contribution in [2.24, 2.45) is 7.05 Å². The molecule has 38 heavy (non-hydrogen) atoms. The fourth-order valence-corrected chi connectivity index (χ4v) is 4.53. The highest BCUT2D eigenvalue weighted by atomic mass is 19.4. The first-order chi connectivity index (χ1) is 17.8. The maximum absolute atomic E-state index is 13.6. The van der Waals surface area contributed by atoms with Crippen LogP contribution in [-0.4, -0.2) is 54.2 Å². The summed E-state index contributed by atoms with van der Waals surface area (Å²) in [6.45, 7) is 3.88. The Balaban J connectivity index is 1.85. The molecule has 9 nitrogen and oxygen atoms in total. The van der Waals surface area contributed by atoms with Gasteiger partial charge in [0.05, 0.1) is 12.1 Å². The second-order valence-corrected chi connectivity index (χ2v) is 9.58. The summed E-state index contributed by atoms with van der Waals surface area (Å²) in [5, 5.41) is 9.72. The molecule has 1 aliphatic rings. The van der Waals surface area contributed by atoms with Crippen LogP contribution in [-0.2, 0) is 26.6 Å². The first kappa shape index (κ1) is 27.2. The molecule has 2 aromatic heterocycles. The minimum atomic E-state index is -4.83. The summed E-state index contributed by atoms with van der Waals surface area (Å²) < 4.78 is 46.5. The second kappa shape index (κ2) is 10.5. The zero-order valence-corrected chi connectivity index (χ0v) is 21.6. The molecule has 4 rings (SSSR count). The van der Waals surface area contributed by atoms with E-state index >= 15 is 0 Å². The molecule has 12 heteroatoms. The summed E-state index contributed by atoms with van der Waals surface area (Å²) in [5.74, 6) is 0.0544. The summed E-state index contributed by atoms with van der Waals surface area (Å²) in [6.07, 6.45) is 0.716. The van der Waals surface area contributed by atoms with Gasteiger partial charge in [0.25, 0.3) is 5.56 Å². The molecule has 0 amide bonds. The molecule has 0 saturated carbocycles. The van der Waals surface area contributed by atoms with E-state index in [1.807, 2.05) is 37.2 Å². The van der Waals surface area contributed by atoms with Gasteiger partial charge in [-0.25, -0.2) is 9.78 Å². The van der Waals surface area contributed by atoms with Gasteiger partial charge >= 0.3 is 12.1 Å². The monoisotopic (exact) mass is 533 g/mol. The number of aromatic nitrogens is 4. The number of aliphatic hydroxyl groups is 1. The van der Waals surface area contributed by atoms with Crippen molar-refractivity contribution in [3.8, 4) is 5.75 Å². The van der Waals surface area contributed by atoms with E-state index in [0.29, 0.717) is 17.9 Å². The summed E-state index contributed by atoms with van der Waals surface area (Å²) in [7, 11) is 3.42. The number of halogens is 3. The highest BCUT2D eigenvalue weighted by Crippen LogP contribution is 2.25. The number of alkyl halides is 3. The van der Waals surface area contributed by atoms with E-state index in [-0.39, 0.29) is 42.3 Å². The number of hydrogen-bond acceptors (Lipinski definition) is 6. The predicted octanol–water partition coefficient (Wildman–Crippen LogP) is 2.93. The van der Waals surface area contributed by atoms with Crippen LogP contribution in [0.25, 0.3) is 11.2 Å². The zero-order valence-electron chi connectivity index (χ0n) is 21.6. The maximum atomic E-state index is 13.6. The van der Waals surface area contributed by atoms with E-state index in [2.05, 4.69) is 9.72 Å². The molecule has 0 saturated heterocycles. The summed E-state index contributed by atoms with van der Waals surface area (Å²) in [5.41, 5.74) is 0.845. The fourth-order valence-electron chi connectivity index (χ4n) is 4.53. The van der Waals surface area contributed by atoms with Gasteiger partial charge in [-0.1, -0.05) is 24.3 Å². The lowest BCUT2D eigenvalue weighted by atomic mass is 10.1. The van der Waals surface area contributed by atoms with Crippen molar-refractivity contribution >= 4 is 11.2 Å². The number of aryl methyl sites for hydroxylation is 1. The van der Waals surface area contributed by atoms with Gasteiger partial charge in [-0.2, -0.15) is 0 Å². The average Bonchev–Trinajstić information content (AvgIpc) is 3.16. The second-order valence-electron chi connectivity index (χ2n) is 9.58. The Labute approximate surface area is 216 Å². The van der Waals surface area contributed by atoms with Crippen molar-refractivity contribution in [2.45, 2.75) is 58.3 Å². The molecule has 0 aliphatic carbocycles. The highest BCUT2D eigenvalue weighted by molar-refractivity contribution is 5.71. The molecule has 3 aromatic rings. The molecule has 0 bridgehead atoms. The molecule has 1 aromatic carbocycles. The van der Waals surface area contributed by atoms with E-state index in [1.54, 1.807) is 17.6 Å². The van der Waals surface area contributed by atoms with Crippen LogP contribution in [0.3, 0.4) is 0 Å². The molecule has 0 radical (unpaired) electrons. The quantitative estimate of drug-likeness (QED) is 0.479. The number of benzene rings is 1. The van der Waals surface area contributed by atoms with Crippen LogP contribution in [0.5, 0.6) is 5.75 Å². The molecule has 2 unspecified atom stereocenters. The van der Waals surface area contributed by atoms with Crippen molar-refractivity contribution < 1.29 is 23.0 Å². The summed E-state index contributed by atoms with van der Waals surface area (Å²) in [4.78, 5) is 33.2. The number of rotatable bonds is 8. The Morgan fingerprint density at radius 3 is 2.58 bits per heavy atom. The van der Waals surface area contributed by atoms with Crippen LogP contribution >= 0.6 is 0 Å². The maximum Gasteiger partial charge on any atom is 0.573 e. The van der Waals surface area contributed by atoms with Gasteiger partial charge in [0.15, 0.2) is 11.2 Å². The molecule has 204 valence electrons. The van der Waals surface area contributed by atoms with Crippen LogP contribution in [0.2, 0.25) is 0 Å². The minimum Gasteiger partial charge on any atom is -0.406 e. The first-order valence-electron chi connectivity index (χ1n) is 12.1. The van der Waals surface area contributed by atoms with E-state index in [9.17, 15) is 27.9 Å². The number of aliphatic hydroxyl groups excluding tert-OH is 1. The third-order valence-corrected chi connectivity index (χ3v) is 6.46. The van der Waals surface area contributed by atoms with Crippen LogP contribution < -0.4 is 16.0 Å². The molecule has 3 heterocycles. The Bertz CT molecular complexity index is 1510. The largest absolute Gasteiger partial charge is 0.573 e. The van der Waals surface area contributed by atoms with Crippen molar-refractivity contribution in [1.29, 1.82) is 0 Å². The molecule has 1 aliphatic heterocycles. The SMILES string of the molecule is CC1=CN(C)C(Cn2c(Cc3cccc(OC(F)(F)F)c3)nc3c2c(=O)n(CCC(C)O)c(=O)n3C)C=C1. The first-order valence-corrected chi connectivity index (χ1v) is 12.1. The standard InChI is InChI=1S/C26H30F3N5O4/c1-16-8-9-19(31(3)14-16)15-34-21(13-18-6-5-7-20(12-18)38-26(27,28)29)30-23-22(34)24(36)33(11-10-17(2)35)25(37)32(23)4/h5-9,12,14,17,19,35H,10-11,13,15H2,1-4H3. The normalized spacial score (nSPS) is 16.7. The number of hydrogen-bond donors (Lipinski definition) is 1. The number of allylic oxidation sites excluding steroid dienone is 2. The van der Waals surface area contributed by atoms with Gasteiger partial charge in [0.2, 0.25) is 0 Å². The molecule has 2 atom stereocenters. The van der Waals surface area contributed by atoms with Crippen molar-refractivity contribution in [2.75, 3.05) is 7.05 Å². The molecule has 1 N–H and O–H groups in total. The summed E-state index contributed by atoms with van der Waals surface area (Å²) in [6, 6.07) is 5.44. The van der Waals surface area contributed by atoms with Crippen LogP contribution in [0.15, 0.2) is 57.8 Å². The minimum absolute atomic E-state index is 0.0294. The molecular weight excluding hydrogens is 503 g/mol. The van der Waals surface area contributed by atoms with E-state index in [0.717, 1.165) is 10.1 Å². The molecule has 0 spiro atoms. The van der Waals surface area contributed by atoms with Crippen molar-refractivity contribution in [3.63, 3.8) is 0 Å².